The quantitative estimate of drug-likeness (QED) is 0.257. The Kier molecular flexibility index (Phi) is 5.33. The number of carbonyl (C=O) groups excluding carboxylic acids is 4. The molecule has 2 aliphatic heterocycles. The molecule has 3 rings (SSSR count). The maximum atomic E-state index is 13.4. The summed E-state index contributed by atoms with van der Waals surface area (Å²) in [5.41, 5.74) is 12.2. The summed E-state index contributed by atoms with van der Waals surface area (Å²) in [7, 11) is 0. The zero-order valence-corrected chi connectivity index (χ0v) is 15.5. The predicted molar refractivity (Wildman–Crippen MR) is 94.7 cm³/mol. The largest absolute Gasteiger partial charge is 0.392 e. The molecule has 11 heteroatoms. The molecule has 11 nitrogen and oxygen atoms in total. The van der Waals surface area contributed by atoms with Crippen LogP contribution in [0.1, 0.15) is 25.5 Å². The molecule has 0 bridgehead atoms. The van der Waals surface area contributed by atoms with Crippen molar-refractivity contribution >= 4 is 23.6 Å². The minimum atomic E-state index is -1.08. The van der Waals surface area contributed by atoms with Gasteiger partial charge in [-0.25, -0.2) is 14.6 Å². The highest BCUT2D eigenvalue weighted by Gasteiger charge is 2.63. The SMILES string of the molecule is CC(O)[C@H]1C(=O)N[C@@H]1C(=O)[N+]1(C(=O)[C@@H](N)Cc2cnc[nH]2)CCC[C@H]1C(N)=O. The molecule has 1 aromatic rings. The molecule has 0 spiro atoms. The van der Waals surface area contributed by atoms with Crippen LogP contribution in [-0.4, -0.2) is 74.0 Å². The van der Waals surface area contributed by atoms with Crippen molar-refractivity contribution in [3.63, 3.8) is 0 Å². The number of likely N-dealkylation sites (tertiary alicyclic amines) is 1. The first-order chi connectivity index (χ1) is 13.2. The maximum Gasteiger partial charge on any atom is 0.345 e. The van der Waals surface area contributed by atoms with E-state index >= 15 is 0 Å². The number of primary amides is 1. The minimum absolute atomic E-state index is 0.0703. The van der Waals surface area contributed by atoms with Crippen molar-refractivity contribution in [3.8, 4) is 0 Å². The average molecular weight is 393 g/mol. The van der Waals surface area contributed by atoms with Gasteiger partial charge in [-0.3, -0.25) is 9.59 Å². The fourth-order valence-corrected chi connectivity index (χ4v) is 4.28. The van der Waals surface area contributed by atoms with E-state index < -0.39 is 58.3 Å². The van der Waals surface area contributed by atoms with Crippen molar-refractivity contribution in [1.82, 2.24) is 15.3 Å². The van der Waals surface area contributed by atoms with E-state index in [2.05, 4.69) is 15.3 Å². The van der Waals surface area contributed by atoms with Gasteiger partial charge in [0.25, 0.3) is 5.91 Å². The Morgan fingerprint density at radius 2 is 2.14 bits per heavy atom. The van der Waals surface area contributed by atoms with Gasteiger partial charge in [0, 0.05) is 31.2 Å². The number of aliphatic hydroxyl groups excluding tert-OH is 1. The monoisotopic (exact) mass is 393 g/mol. The van der Waals surface area contributed by atoms with Crippen LogP contribution in [-0.2, 0) is 25.6 Å². The van der Waals surface area contributed by atoms with E-state index in [1.165, 1.54) is 19.4 Å². The summed E-state index contributed by atoms with van der Waals surface area (Å²) in [6.45, 7) is 1.47. The number of imidazole rings is 1. The van der Waals surface area contributed by atoms with E-state index in [0.29, 0.717) is 12.1 Å². The number of nitrogens with zero attached hydrogens (tertiary/aromatic N) is 2. The van der Waals surface area contributed by atoms with Crippen LogP contribution in [0.2, 0.25) is 0 Å². The van der Waals surface area contributed by atoms with E-state index in [4.69, 9.17) is 11.5 Å². The van der Waals surface area contributed by atoms with Gasteiger partial charge in [0.2, 0.25) is 5.91 Å². The molecule has 0 radical (unpaired) electrons. The smallest absolute Gasteiger partial charge is 0.345 e. The lowest BCUT2D eigenvalue weighted by Gasteiger charge is -2.43. The molecular formula is C17H25N6O5+. The van der Waals surface area contributed by atoms with Crippen molar-refractivity contribution in [2.45, 2.75) is 50.4 Å². The number of H-pyrrole nitrogens is 1. The summed E-state index contributed by atoms with van der Waals surface area (Å²) in [5.74, 6) is -3.51. The molecule has 0 aliphatic carbocycles. The van der Waals surface area contributed by atoms with Crippen molar-refractivity contribution in [2.75, 3.05) is 6.54 Å². The Labute approximate surface area is 161 Å². The van der Waals surface area contributed by atoms with E-state index in [9.17, 15) is 24.3 Å². The maximum absolute atomic E-state index is 13.4. The Morgan fingerprint density at radius 1 is 1.43 bits per heavy atom. The van der Waals surface area contributed by atoms with Gasteiger partial charge in [0.1, 0.15) is 6.04 Å². The zero-order chi connectivity index (χ0) is 20.6. The lowest BCUT2D eigenvalue weighted by atomic mass is 9.84. The predicted octanol–water partition coefficient (Wildman–Crippen LogP) is -2.71. The lowest BCUT2D eigenvalue weighted by Crippen LogP contribution is -2.76. The van der Waals surface area contributed by atoms with E-state index in [1.54, 1.807) is 0 Å². The highest BCUT2D eigenvalue weighted by Crippen LogP contribution is 2.34. The van der Waals surface area contributed by atoms with Gasteiger partial charge in [-0.15, -0.1) is 0 Å². The molecule has 152 valence electrons. The third kappa shape index (κ3) is 3.11. The molecule has 28 heavy (non-hydrogen) atoms. The van der Waals surface area contributed by atoms with Crippen LogP contribution in [0.25, 0.3) is 0 Å². The number of hydrogen-bond donors (Lipinski definition) is 5. The van der Waals surface area contributed by atoms with Gasteiger partial charge in [-0.05, 0) is 6.92 Å². The van der Waals surface area contributed by atoms with Crippen LogP contribution in [0.5, 0.6) is 0 Å². The molecule has 1 aromatic heterocycles. The molecule has 2 unspecified atom stereocenters. The number of hydrogen-bond acceptors (Lipinski definition) is 7. The number of aromatic nitrogens is 2. The van der Waals surface area contributed by atoms with Crippen molar-refractivity contribution in [2.24, 2.45) is 17.4 Å². The standard InChI is InChI=1S/C17H24N6O5/c1-8(24)12-13(22-15(12)26)17(28)23(4-2-3-11(23)14(19)25)16(27)10(18)5-9-6-20-7-21-9/h6-8,10-13,24H,2-5,18H2,1H3,(H3-,19,20,21,22,25,26)/p+1/t8?,10-,11-,12+,13-,23?/m0/s1. The Hall–Kier alpha value is -2.63. The molecule has 0 aromatic carbocycles. The van der Waals surface area contributed by atoms with Crippen molar-refractivity contribution < 1.29 is 28.8 Å². The van der Waals surface area contributed by atoms with Gasteiger partial charge in [0.05, 0.1) is 24.9 Å². The Balaban J connectivity index is 1.94. The van der Waals surface area contributed by atoms with Gasteiger partial charge < -0.3 is 26.9 Å². The number of β-lactam (4-membered cyclic amide) rings is 1. The molecule has 3 heterocycles. The minimum Gasteiger partial charge on any atom is -0.392 e. The third-order valence-electron chi connectivity index (χ3n) is 5.69. The van der Waals surface area contributed by atoms with Crippen molar-refractivity contribution in [3.05, 3.63) is 18.2 Å². The molecule has 2 aliphatic rings. The van der Waals surface area contributed by atoms with Crippen LogP contribution in [0, 0.1) is 5.92 Å². The normalized spacial score (nSPS) is 31.5. The Morgan fingerprint density at radius 3 is 2.68 bits per heavy atom. The fourth-order valence-electron chi connectivity index (χ4n) is 4.28. The third-order valence-corrected chi connectivity index (χ3v) is 5.69. The summed E-state index contributed by atoms with van der Waals surface area (Å²) in [4.78, 5) is 57.4. The summed E-state index contributed by atoms with van der Waals surface area (Å²) in [6.07, 6.45) is 2.69. The highest BCUT2D eigenvalue weighted by atomic mass is 16.3. The van der Waals surface area contributed by atoms with Gasteiger partial charge in [0.15, 0.2) is 12.1 Å². The summed E-state index contributed by atoms with van der Waals surface area (Å²) in [5, 5.41) is 12.3. The van der Waals surface area contributed by atoms with E-state index in [0.717, 1.165) is 0 Å². The number of aromatic amines is 1. The number of aliphatic hydroxyl groups is 1. The molecule has 2 saturated heterocycles. The first kappa shape index (κ1) is 20.1. The molecule has 2 fully saturated rings. The number of nitrogens with one attached hydrogen (secondary N) is 2. The molecule has 4 amide bonds. The fraction of sp³-hybridized carbons (Fsp3) is 0.588. The molecule has 7 N–H and O–H groups in total. The number of nitrogens with two attached hydrogens (primary N) is 2. The second kappa shape index (κ2) is 7.41. The lowest BCUT2D eigenvalue weighted by molar-refractivity contribution is -0.784. The number of amides is 4. The molecule has 6 atom stereocenters. The van der Waals surface area contributed by atoms with Crippen LogP contribution in [0.15, 0.2) is 12.5 Å². The first-order valence-electron chi connectivity index (χ1n) is 9.17. The van der Waals surface area contributed by atoms with Crippen molar-refractivity contribution in [1.29, 1.82) is 0 Å². The number of imide groups is 1. The van der Waals surface area contributed by atoms with Crippen LogP contribution in [0.3, 0.4) is 0 Å². The topological polar surface area (TPSA) is 181 Å². The second-order valence-electron chi connectivity index (χ2n) is 7.47. The number of rotatable bonds is 6. The molecular weight excluding hydrogens is 368 g/mol. The van der Waals surface area contributed by atoms with Gasteiger partial charge in [-0.2, -0.15) is 4.48 Å². The van der Waals surface area contributed by atoms with E-state index in [-0.39, 0.29) is 19.4 Å². The van der Waals surface area contributed by atoms with Gasteiger partial charge in [-0.1, -0.05) is 0 Å². The highest BCUT2D eigenvalue weighted by molar-refractivity contribution is 6.02. The zero-order valence-electron chi connectivity index (χ0n) is 15.5. The second-order valence-corrected chi connectivity index (χ2v) is 7.47. The summed E-state index contributed by atoms with van der Waals surface area (Å²) in [6, 6.07) is -3.21. The number of quaternary nitrogens is 1. The van der Waals surface area contributed by atoms with Crippen LogP contribution in [0.4, 0.5) is 0 Å². The van der Waals surface area contributed by atoms with Crippen LogP contribution >= 0.6 is 0 Å². The summed E-state index contributed by atoms with van der Waals surface area (Å²) < 4.78 is -0.835. The van der Waals surface area contributed by atoms with E-state index in [1.807, 2.05) is 0 Å². The first-order valence-corrected chi connectivity index (χ1v) is 9.17. The summed E-state index contributed by atoms with van der Waals surface area (Å²) >= 11 is 0. The Bertz CT molecular complexity index is 794. The van der Waals surface area contributed by atoms with Gasteiger partial charge >= 0.3 is 11.8 Å². The molecule has 0 saturated carbocycles. The average Bonchev–Trinajstić information content (AvgIpc) is 3.27. The van der Waals surface area contributed by atoms with Crippen LogP contribution < -0.4 is 16.8 Å². The number of carbonyl (C=O) groups is 4.